The molecule has 9 heteroatoms. The van der Waals surface area contributed by atoms with Crippen LogP contribution >= 0.6 is 11.8 Å². The van der Waals surface area contributed by atoms with Crippen molar-refractivity contribution in [3.63, 3.8) is 0 Å². The third-order valence-electron chi connectivity index (χ3n) is 3.64. The number of hydrogen-bond donors (Lipinski definition) is 0. The van der Waals surface area contributed by atoms with E-state index in [1.165, 1.54) is 18.5 Å². The average Bonchev–Trinajstić information content (AvgIpc) is 2.60. The van der Waals surface area contributed by atoms with Gasteiger partial charge in [0.05, 0.1) is 4.90 Å². The van der Waals surface area contributed by atoms with Gasteiger partial charge in [-0.05, 0) is 42.1 Å². The van der Waals surface area contributed by atoms with Crippen molar-refractivity contribution in [1.29, 1.82) is 0 Å². The largest absolute Gasteiger partial charge is 0.475 e. The summed E-state index contributed by atoms with van der Waals surface area (Å²) in [6, 6.07) is 6.47. The molecule has 0 fully saturated rings. The maximum atomic E-state index is 13.4. The Balaban J connectivity index is 1.71. The van der Waals surface area contributed by atoms with E-state index in [2.05, 4.69) is 9.72 Å². The second-order valence-electron chi connectivity index (χ2n) is 5.49. The molecule has 26 heavy (non-hydrogen) atoms. The zero-order chi connectivity index (χ0) is 18.9. The Morgan fingerprint density at radius 3 is 2.38 bits per heavy atom. The number of Topliss-reactive ketones (excluding diaryl/α,β-unsaturated/α-hetero) is 2. The number of carbonyl (C=O) groups excluding carboxylic acids is 2. The van der Waals surface area contributed by atoms with Gasteiger partial charge in [0.25, 0.3) is 0 Å². The number of halogens is 4. The number of ketones is 2. The summed E-state index contributed by atoms with van der Waals surface area (Å²) in [5.41, 5.74) is 0.399. The van der Waals surface area contributed by atoms with Gasteiger partial charge in [0.1, 0.15) is 5.75 Å². The van der Waals surface area contributed by atoms with Crippen LogP contribution < -0.4 is 4.74 Å². The molecule has 1 aromatic heterocycles. The molecule has 0 spiro atoms. The lowest BCUT2D eigenvalue weighted by Crippen LogP contribution is -2.45. The van der Waals surface area contributed by atoms with E-state index in [1.807, 2.05) is 0 Å². The molecule has 1 aliphatic rings. The number of ether oxygens (including phenoxy) is 1. The Morgan fingerprint density at radius 2 is 1.73 bits per heavy atom. The quantitative estimate of drug-likeness (QED) is 0.556. The van der Waals surface area contributed by atoms with Crippen LogP contribution in [-0.2, 0) is 0 Å². The van der Waals surface area contributed by atoms with Gasteiger partial charge in [-0.25, -0.2) is 0 Å². The van der Waals surface area contributed by atoms with Crippen molar-refractivity contribution >= 4 is 23.3 Å². The van der Waals surface area contributed by atoms with Gasteiger partial charge in [0, 0.05) is 36.4 Å². The first-order valence-corrected chi connectivity index (χ1v) is 8.25. The smallest absolute Gasteiger partial charge is 0.426 e. The first-order valence-electron chi connectivity index (χ1n) is 7.44. The minimum absolute atomic E-state index is 0.0415. The van der Waals surface area contributed by atoms with Crippen LogP contribution in [0.4, 0.5) is 17.6 Å². The van der Waals surface area contributed by atoms with E-state index in [4.69, 9.17) is 0 Å². The maximum absolute atomic E-state index is 13.4. The fourth-order valence-corrected chi connectivity index (χ4v) is 3.12. The van der Waals surface area contributed by atoms with Gasteiger partial charge < -0.3 is 4.74 Å². The second kappa shape index (κ2) is 6.71. The Labute approximate surface area is 149 Å². The summed E-state index contributed by atoms with van der Waals surface area (Å²) in [6.45, 7) is 0. The van der Waals surface area contributed by atoms with Crippen LogP contribution in [0.2, 0.25) is 0 Å². The molecule has 0 bridgehead atoms. The molecule has 1 aliphatic heterocycles. The lowest BCUT2D eigenvalue weighted by Gasteiger charge is -2.31. The van der Waals surface area contributed by atoms with Crippen molar-refractivity contribution in [3.05, 3.63) is 53.9 Å². The molecule has 0 amide bonds. The number of carbonyl (C=O) groups is 2. The molecule has 3 rings (SSSR count). The van der Waals surface area contributed by atoms with Crippen LogP contribution in [0.15, 0.2) is 47.6 Å². The molecule has 0 unspecified atom stereocenters. The van der Waals surface area contributed by atoms with Crippen molar-refractivity contribution in [2.75, 3.05) is 0 Å². The summed E-state index contributed by atoms with van der Waals surface area (Å²) in [5, 5.41) is -4.45. The summed E-state index contributed by atoms with van der Waals surface area (Å²) >= 11 is -0.362. The minimum Gasteiger partial charge on any atom is -0.426 e. The molecule has 1 aromatic carbocycles. The van der Waals surface area contributed by atoms with Gasteiger partial charge >= 0.3 is 11.4 Å². The van der Waals surface area contributed by atoms with Gasteiger partial charge in [0.15, 0.2) is 11.6 Å². The zero-order valence-electron chi connectivity index (χ0n) is 13.0. The summed E-state index contributed by atoms with van der Waals surface area (Å²) in [6.07, 6.45) is -1.98. The third-order valence-corrected chi connectivity index (χ3v) is 4.68. The van der Waals surface area contributed by atoms with Crippen LogP contribution in [0, 0.1) is 0 Å². The lowest BCUT2D eigenvalue weighted by atomic mass is 10.0. The van der Waals surface area contributed by atoms with E-state index in [9.17, 15) is 27.2 Å². The molecule has 2 heterocycles. The lowest BCUT2D eigenvalue weighted by molar-refractivity contribution is -0.273. The topological polar surface area (TPSA) is 56.3 Å². The Kier molecular flexibility index (Phi) is 4.74. The van der Waals surface area contributed by atoms with E-state index in [-0.39, 0.29) is 40.8 Å². The van der Waals surface area contributed by atoms with Gasteiger partial charge in [-0.3, -0.25) is 14.6 Å². The summed E-state index contributed by atoms with van der Waals surface area (Å²) in [5.74, 6) is -1.17. The first kappa shape index (κ1) is 18.4. The Hall–Kier alpha value is -2.42. The van der Waals surface area contributed by atoms with E-state index in [1.54, 1.807) is 12.1 Å². The highest BCUT2D eigenvalue weighted by atomic mass is 32.2. The van der Waals surface area contributed by atoms with Crippen LogP contribution in [0.1, 0.15) is 33.6 Å². The van der Waals surface area contributed by atoms with E-state index in [0.717, 1.165) is 12.1 Å². The van der Waals surface area contributed by atoms with E-state index < -0.39 is 22.9 Å². The van der Waals surface area contributed by atoms with Crippen molar-refractivity contribution in [2.45, 2.75) is 29.1 Å². The Morgan fingerprint density at radius 1 is 1.04 bits per heavy atom. The molecular weight excluding hydrogens is 374 g/mol. The highest BCUT2D eigenvalue weighted by molar-refractivity contribution is 8.00. The Bertz CT molecular complexity index is 858. The number of pyridine rings is 1. The third kappa shape index (κ3) is 3.57. The summed E-state index contributed by atoms with van der Waals surface area (Å²) in [4.78, 5) is 27.7. The predicted octanol–water partition coefficient (Wildman–Crippen LogP) is 4.60. The van der Waals surface area contributed by atoms with Gasteiger partial charge in [-0.1, -0.05) is 0 Å². The molecule has 4 nitrogen and oxygen atoms in total. The summed E-state index contributed by atoms with van der Waals surface area (Å²) < 4.78 is 57.2. The van der Waals surface area contributed by atoms with Crippen LogP contribution in [0.3, 0.4) is 0 Å². The van der Waals surface area contributed by atoms with Crippen molar-refractivity contribution in [1.82, 2.24) is 4.98 Å². The number of thioether (sulfide) groups is 1. The molecule has 0 saturated heterocycles. The van der Waals surface area contributed by atoms with Gasteiger partial charge in [-0.15, -0.1) is 0 Å². The zero-order valence-corrected chi connectivity index (χ0v) is 13.9. The fraction of sp³-hybridized carbons (Fsp3) is 0.235. The van der Waals surface area contributed by atoms with E-state index in [0.29, 0.717) is 5.56 Å². The number of benzene rings is 1. The molecule has 0 aliphatic carbocycles. The molecule has 0 radical (unpaired) electrons. The first-order chi connectivity index (χ1) is 12.2. The normalized spacial score (nSPS) is 17.1. The second-order valence-corrected chi connectivity index (χ2v) is 6.64. The average molecular weight is 385 g/mol. The maximum Gasteiger partial charge on any atom is 0.475 e. The monoisotopic (exact) mass is 385 g/mol. The minimum atomic E-state index is -4.63. The molecule has 0 N–H and O–H groups in total. The van der Waals surface area contributed by atoms with Crippen LogP contribution in [0.5, 0.6) is 5.75 Å². The molecular formula is C17H11F4NO3S. The van der Waals surface area contributed by atoms with Gasteiger partial charge in [0.2, 0.25) is 0 Å². The van der Waals surface area contributed by atoms with Gasteiger partial charge in [-0.2, -0.15) is 17.6 Å². The number of nitrogens with zero attached hydrogens (tertiary/aromatic N) is 1. The summed E-state index contributed by atoms with van der Waals surface area (Å²) in [7, 11) is 0. The number of fused-ring (bicyclic) bond motifs is 1. The SMILES string of the molecule is O=C(CCC(=O)c1ccc2c(c1)SC(F)(F)C(F)(F)O2)c1cccnc1. The predicted molar refractivity (Wildman–Crippen MR) is 85.0 cm³/mol. The number of hydrogen-bond acceptors (Lipinski definition) is 5. The molecule has 0 saturated carbocycles. The highest BCUT2D eigenvalue weighted by Crippen LogP contribution is 2.54. The number of rotatable bonds is 5. The van der Waals surface area contributed by atoms with Crippen molar-refractivity contribution in [2.24, 2.45) is 0 Å². The van der Waals surface area contributed by atoms with Crippen LogP contribution in [-0.4, -0.2) is 27.9 Å². The number of aromatic nitrogens is 1. The molecule has 136 valence electrons. The number of alkyl halides is 4. The van der Waals surface area contributed by atoms with Crippen LogP contribution in [0.25, 0.3) is 0 Å². The molecule has 2 aromatic rings. The highest BCUT2D eigenvalue weighted by Gasteiger charge is 2.63. The van der Waals surface area contributed by atoms with Crippen molar-refractivity contribution in [3.8, 4) is 5.75 Å². The van der Waals surface area contributed by atoms with Crippen molar-refractivity contribution < 1.29 is 31.9 Å². The van der Waals surface area contributed by atoms with E-state index >= 15 is 0 Å². The fourth-order valence-electron chi connectivity index (χ4n) is 2.28. The molecule has 0 atom stereocenters. The standard InChI is InChI=1S/C17H11F4NO3S/c18-16(19)17(20,21)26-15-8-10(3-6-14(15)25-16)12(23)4-5-13(24)11-2-1-7-22-9-11/h1-3,6-9H,4-5H2.